The maximum atomic E-state index is 11.8. The highest BCUT2D eigenvalue weighted by Gasteiger charge is 2.25. The Morgan fingerprint density at radius 1 is 1.62 bits per heavy atom. The topological polar surface area (TPSA) is 72.3 Å². The third kappa shape index (κ3) is 1.26. The Bertz CT molecular complexity index is 580. The van der Waals surface area contributed by atoms with Crippen molar-refractivity contribution in [2.24, 2.45) is 0 Å². The van der Waals surface area contributed by atoms with Crippen LogP contribution in [-0.4, -0.2) is 32.8 Å². The minimum atomic E-state index is -0.141. The van der Waals surface area contributed by atoms with Crippen LogP contribution in [0.15, 0.2) is 11.1 Å². The molecule has 0 saturated carbocycles. The summed E-state index contributed by atoms with van der Waals surface area (Å²) < 4.78 is 6.92. The molecule has 1 atom stereocenters. The van der Waals surface area contributed by atoms with E-state index in [4.69, 9.17) is 4.74 Å². The van der Waals surface area contributed by atoms with E-state index in [2.05, 4.69) is 15.1 Å². The van der Waals surface area contributed by atoms with Crippen molar-refractivity contribution in [2.75, 3.05) is 13.2 Å². The predicted molar refractivity (Wildman–Crippen MR) is 56.5 cm³/mol. The molecular weight excluding hydrogens is 208 g/mol. The summed E-state index contributed by atoms with van der Waals surface area (Å²) in [6.45, 7) is 3.22. The number of rotatable bonds is 1. The monoisotopic (exact) mass is 220 g/mol. The summed E-state index contributed by atoms with van der Waals surface area (Å²) in [4.78, 5) is 18.8. The molecule has 84 valence electrons. The second-order valence-corrected chi connectivity index (χ2v) is 3.98. The van der Waals surface area contributed by atoms with Gasteiger partial charge in [-0.15, -0.1) is 0 Å². The van der Waals surface area contributed by atoms with E-state index in [-0.39, 0.29) is 11.5 Å². The molecule has 2 aromatic rings. The first kappa shape index (κ1) is 9.53. The van der Waals surface area contributed by atoms with E-state index in [0.717, 1.165) is 24.5 Å². The van der Waals surface area contributed by atoms with Crippen LogP contribution in [0.3, 0.4) is 0 Å². The third-order valence-electron chi connectivity index (χ3n) is 2.94. The summed E-state index contributed by atoms with van der Waals surface area (Å²) in [5, 5.41) is 4.09. The van der Waals surface area contributed by atoms with Gasteiger partial charge in [-0.05, 0) is 13.3 Å². The van der Waals surface area contributed by atoms with Crippen LogP contribution in [0.4, 0.5) is 0 Å². The van der Waals surface area contributed by atoms with Gasteiger partial charge in [-0.2, -0.15) is 5.10 Å². The normalized spacial score (nSPS) is 20.7. The number of hydrogen-bond acceptors (Lipinski definition) is 4. The molecule has 0 bridgehead atoms. The number of aromatic amines is 1. The molecule has 1 N–H and O–H groups in total. The Morgan fingerprint density at radius 3 is 3.25 bits per heavy atom. The molecule has 16 heavy (non-hydrogen) atoms. The van der Waals surface area contributed by atoms with Crippen LogP contribution in [0.1, 0.15) is 23.9 Å². The van der Waals surface area contributed by atoms with Gasteiger partial charge in [0.05, 0.1) is 12.3 Å². The van der Waals surface area contributed by atoms with Gasteiger partial charge in [0, 0.05) is 12.5 Å². The number of aryl methyl sites for hydroxylation is 1. The molecule has 1 unspecified atom stereocenters. The highest BCUT2D eigenvalue weighted by molar-refractivity contribution is 5.51. The van der Waals surface area contributed by atoms with Gasteiger partial charge in [-0.3, -0.25) is 4.79 Å². The second kappa shape index (κ2) is 3.41. The highest BCUT2D eigenvalue weighted by atomic mass is 16.5. The third-order valence-corrected chi connectivity index (χ3v) is 2.94. The number of hydrogen-bond donors (Lipinski definition) is 1. The Balaban J connectivity index is 2.28. The standard InChI is InChI=1S/C10H12N4O2/c1-6-13-8(7-2-3-16-4-7)9-10(15)11-5-12-14(6)9/h5,7H,2-4H2,1H3,(H,11,12,15). The van der Waals surface area contributed by atoms with Gasteiger partial charge in [-0.25, -0.2) is 9.50 Å². The van der Waals surface area contributed by atoms with Gasteiger partial charge in [0.15, 0.2) is 5.52 Å². The molecule has 0 aromatic carbocycles. The summed E-state index contributed by atoms with van der Waals surface area (Å²) in [5.74, 6) is 0.956. The summed E-state index contributed by atoms with van der Waals surface area (Å²) in [6.07, 6.45) is 2.30. The number of nitrogens with one attached hydrogen (secondary N) is 1. The minimum absolute atomic E-state index is 0.141. The van der Waals surface area contributed by atoms with Gasteiger partial charge < -0.3 is 9.72 Å². The van der Waals surface area contributed by atoms with Crippen molar-refractivity contribution in [1.82, 2.24) is 19.6 Å². The maximum absolute atomic E-state index is 11.8. The van der Waals surface area contributed by atoms with Gasteiger partial charge in [0.2, 0.25) is 0 Å². The molecule has 6 heteroatoms. The Labute approximate surface area is 91.3 Å². The molecule has 1 saturated heterocycles. The van der Waals surface area contributed by atoms with Crippen LogP contribution in [0.2, 0.25) is 0 Å². The van der Waals surface area contributed by atoms with E-state index in [9.17, 15) is 4.79 Å². The number of aromatic nitrogens is 4. The van der Waals surface area contributed by atoms with E-state index < -0.39 is 0 Å². The van der Waals surface area contributed by atoms with Gasteiger partial charge in [-0.1, -0.05) is 0 Å². The molecule has 0 radical (unpaired) electrons. The molecular formula is C10H12N4O2. The highest BCUT2D eigenvalue weighted by Crippen LogP contribution is 2.26. The largest absolute Gasteiger partial charge is 0.381 e. The summed E-state index contributed by atoms with van der Waals surface area (Å²) >= 11 is 0. The summed E-state index contributed by atoms with van der Waals surface area (Å²) in [5.41, 5.74) is 1.22. The number of fused-ring (bicyclic) bond motifs is 1. The quantitative estimate of drug-likeness (QED) is 0.746. The Kier molecular flexibility index (Phi) is 2.03. The first-order valence-corrected chi connectivity index (χ1v) is 5.28. The zero-order valence-electron chi connectivity index (χ0n) is 8.93. The smallest absolute Gasteiger partial charge is 0.277 e. The van der Waals surface area contributed by atoms with Crippen molar-refractivity contribution in [3.05, 3.63) is 28.2 Å². The van der Waals surface area contributed by atoms with Crippen molar-refractivity contribution in [2.45, 2.75) is 19.3 Å². The fourth-order valence-electron chi connectivity index (χ4n) is 2.15. The lowest BCUT2D eigenvalue weighted by molar-refractivity contribution is 0.193. The molecule has 1 fully saturated rings. The van der Waals surface area contributed by atoms with Crippen LogP contribution >= 0.6 is 0 Å². The molecule has 6 nitrogen and oxygen atoms in total. The molecule has 1 aliphatic rings. The lowest BCUT2D eigenvalue weighted by Crippen LogP contribution is -2.13. The zero-order chi connectivity index (χ0) is 11.1. The fraction of sp³-hybridized carbons (Fsp3) is 0.500. The average Bonchev–Trinajstić information content (AvgIpc) is 2.87. The molecule has 0 aliphatic carbocycles. The first-order valence-electron chi connectivity index (χ1n) is 5.28. The minimum Gasteiger partial charge on any atom is -0.381 e. The van der Waals surface area contributed by atoms with E-state index in [1.54, 1.807) is 4.52 Å². The van der Waals surface area contributed by atoms with Gasteiger partial charge in [0.25, 0.3) is 5.56 Å². The molecule has 3 rings (SSSR count). The molecule has 0 spiro atoms. The Morgan fingerprint density at radius 2 is 2.50 bits per heavy atom. The molecule has 0 amide bonds. The SMILES string of the molecule is Cc1nc(C2CCOC2)c2c(=O)[nH]cnn12. The van der Waals surface area contributed by atoms with Crippen molar-refractivity contribution in [1.29, 1.82) is 0 Å². The number of H-pyrrole nitrogens is 1. The number of nitrogens with zero attached hydrogens (tertiary/aromatic N) is 3. The van der Waals surface area contributed by atoms with Crippen molar-refractivity contribution < 1.29 is 4.74 Å². The van der Waals surface area contributed by atoms with E-state index >= 15 is 0 Å². The van der Waals surface area contributed by atoms with E-state index in [1.807, 2.05) is 6.92 Å². The van der Waals surface area contributed by atoms with Crippen molar-refractivity contribution >= 4 is 5.52 Å². The lowest BCUT2D eigenvalue weighted by atomic mass is 10.0. The van der Waals surface area contributed by atoms with Crippen LogP contribution < -0.4 is 5.56 Å². The second-order valence-electron chi connectivity index (χ2n) is 3.98. The summed E-state index contributed by atoms with van der Waals surface area (Å²) in [7, 11) is 0. The predicted octanol–water partition coefficient (Wildman–Crippen LogP) is 0.230. The average molecular weight is 220 g/mol. The summed E-state index contributed by atoms with van der Waals surface area (Å²) in [6, 6.07) is 0. The number of imidazole rings is 1. The lowest BCUT2D eigenvalue weighted by Gasteiger charge is -2.02. The molecule has 3 heterocycles. The molecule has 1 aliphatic heterocycles. The van der Waals surface area contributed by atoms with Crippen LogP contribution in [-0.2, 0) is 4.74 Å². The van der Waals surface area contributed by atoms with E-state index in [0.29, 0.717) is 12.1 Å². The zero-order valence-corrected chi connectivity index (χ0v) is 8.93. The van der Waals surface area contributed by atoms with Gasteiger partial charge >= 0.3 is 0 Å². The van der Waals surface area contributed by atoms with E-state index in [1.165, 1.54) is 6.33 Å². The first-order chi connectivity index (χ1) is 7.77. The van der Waals surface area contributed by atoms with Crippen LogP contribution in [0.25, 0.3) is 5.52 Å². The molecule has 2 aromatic heterocycles. The number of ether oxygens (including phenoxy) is 1. The van der Waals surface area contributed by atoms with Crippen LogP contribution in [0, 0.1) is 6.92 Å². The van der Waals surface area contributed by atoms with Crippen molar-refractivity contribution in [3.63, 3.8) is 0 Å². The fourth-order valence-corrected chi connectivity index (χ4v) is 2.15. The van der Waals surface area contributed by atoms with Crippen molar-refractivity contribution in [3.8, 4) is 0 Å². The Hall–Kier alpha value is -1.69. The van der Waals surface area contributed by atoms with Gasteiger partial charge in [0.1, 0.15) is 12.2 Å². The maximum Gasteiger partial charge on any atom is 0.277 e. The van der Waals surface area contributed by atoms with Crippen LogP contribution in [0.5, 0.6) is 0 Å².